The van der Waals surface area contributed by atoms with E-state index < -0.39 is 10.0 Å². The van der Waals surface area contributed by atoms with Gasteiger partial charge in [0.15, 0.2) is 0 Å². The van der Waals surface area contributed by atoms with Crippen molar-refractivity contribution in [1.29, 1.82) is 0 Å². The van der Waals surface area contributed by atoms with Crippen molar-refractivity contribution in [3.8, 4) is 11.4 Å². The Morgan fingerprint density at radius 3 is 2.55 bits per heavy atom. The molecule has 174 valence electrons. The number of hydrogen-bond donors (Lipinski definition) is 1. The summed E-state index contributed by atoms with van der Waals surface area (Å²) in [6.07, 6.45) is 0.394. The number of carbonyl (C=O) groups is 1. The third-order valence-corrected chi connectivity index (χ3v) is 7.33. The molecule has 1 fully saturated rings. The van der Waals surface area contributed by atoms with Crippen LogP contribution in [0.4, 0.5) is 5.69 Å². The first-order chi connectivity index (χ1) is 15.8. The minimum Gasteiger partial charge on any atom is -0.379 e. The summed E-state index contributed by atoms with van der Waals surface area (Å²) in [6, 6.07) is 12.5. The number of carbonyl (C=O) groups excluding carboxylic acids is 1. The van der Waals surface area contributed by atoms with E-state index in [9.17, 15) is 13.2 Å². The van der Waals surface area contributed by atoms with Gasteiger partial charge in [0.25, 0.3) is 0 Å². The third kappa shape index (κ3) is 5.47. The minimum absolute atomic E-state index is 0.120. The molecule has 0 spiro atoms. The Morgan fingerprint density at radius 2 is 1.82 bits per heavy atom. The zero-order valence-electron chi connectivity index (χ0n) is 18.6. The van der Waals surface area contributed by atoms with E-state index in [2.05, 4.69) is 15.5 Å². The van der Waals surface area contributed by atoms with E-state index in [-0.39, 0.29) is 23.6 Å². The van der Waals surface area contributed by atoms with Crippen LogP contribution in [-0.2, 0) is 26.0 Å². The fraction of sp³-hybridized carbons (Fsp3) is 0.348. The predicted molar refractivity (Wildman–Crippen MR) is 122 cm³/mol. The third-order valence-electron chi connectivity index (χ3n) is 5.43. The summed E-state index contributed by atoms with van der Waals surface area (Å²) in [7, 11) is -3.65. The molecule has 1 aromatic heterocycles. The van der Waals surface area contributed by atoms with E-state index in [0.717, 1.165) is 16.7 Å². The summed E-state index contributed by atoms with van der Waals surface area (Å²) in [6.45, 7) is 5.18. The molecule has 0 bridgehead atoms. The molecule has 1 saturated heterocycles. The molecular formula is C23H26N4O5S. The summed E-state index contributed by atoms with van der Waals surface area (Å²) >= 11 is 0. The fourth-order valence-corrected chi connectivity index (χ4v) is 4.88. The van der Waals surface area contributed by atoms with E-state index in [4.69, 9.17) is 9.26 Å². The molecule has 1 amide bonds. The van der Waals surface area contributed by atoms with Crippen molar-refractivity contribution in [2.45, 2.75) is 31.6 Å². The molecule has 2 heterocycles. The van der Waals surface area contributed by atoms with Gasteiger partial charge in [-0.15, -0.1) is 0 Å². The van der Waals surface area contributed by atoms with Gasteiger partial charge in [0.2, 0.25) is 27.6 Å². The second kappa shape index (κ2) is 9.82. The maximum absolute atomic E-state index is 12.9. The van der Waals surface area contributed by atoms with Crippen LogP contribution in [-0.4, -0.2) is 55.1 Å². The molecule has 0 saturated carbocycles. The highest BCUT2D eigenvalue weighted by Crippen LogP contribution is 2.24. The first-order valence-electron chi connectivity index (χ1n) is 10.7. The number of rotatable bonds is 7. The number of aryl methyl sites for hydroxylation is 3. The smallest absolute Gasteiger partial charge is 0.243 e. The van der Waals surface area contributed by atoms with Gasteiger partial charge in [-0.05, 0) is 31.5 Å². The van der Waals surface area contributed by atoms with Crippen LogP contribution in [0, 0.1) is 13.8 Å². The molecule has 0 aliphatic carbocycles. The molecule has 33 heavy (non-hydrogen) atoms. The standard InChI is InChI=1S/C23H26N4O5S/c1-16-3-6-18(7-4-16)23-25-22(32-26-23)10-9-21(28)24-20-15-19(8-5-17(20)2)33(29,30)27-11-13-31-14-12-27/h3-8,15H,9-14H2,1-2H3,(H,24,28). The maximum atomic E-state index is 12.9. The number of nitrogens with zero attached hydrogens (tertiary/aromatic N) is 3. The normalized spacial score (nSPS) is 14.8. The molecule has 1 aliphatic rings. The molecule has 0 atom stereocenters. The van der Waals surface area contributed by atoms with Crippen molar-refractivity contribution in [3.63, 3.8) is 0 Å². The van der Waals surface area contributed by atoms with Crippen LogP contribution >= 0.6 is 0 Å². The molecule has 3 aromatic rings. The zero-order chi connectivity index (χ0) is 23.4. The van der Waals surface area contributed by atoms with Crippen LogP contribution in [0.5, 0.6) is 0 Å². The van der Waals surface area contributed by atoms with E-state index in [1.165, 1.54) is 10.4 Å². The molecule has 2 aromatic carbocycles. The van der Waals surface area contributed by atoms with Crippen molar-refractivity contribution < 1.29 is 22.5 Å². The number of nitrogens with one attached hydrogen (secondary N) is 1. The highest BCUT2D eigenvalue weighted by molar-refractivity contribution is 7.89. The van der Waals surface area contributed by atoms with Crippen molar-refractivity contribution in [2.24, 2.45) is 0 Å². The van der Waals surface area contributed by atoms with Gasteiger partial charge in [-0.1, -0.05) is 41.1 Å². The first kappa shape index (κ1) is 23.1. The Labute approximate surface area is 192 Å². The number of aromatic nitrogens is 2. The number of anilines is 1. The lowest BCUT2D eigenvalue weighted by Crippen LogP contribution is -2.40. The number of amides is 1. The van der Waals surface area contributed by atoms with Crippen molar-refractivity contribution in [1.82, 2.24) is 14.4 Å². The SMILES string of the molecule is Cc1ccc(-c2noc(CCC(=O)Nc3cc(S(=O)(=O)N4CCOCC4)ccc3C)n2)cc1. The molecule has 1 aliphatic heterocycles. The predicted octanol–water partition coefficient (Wildman–Crippen LogP) is 2.95. The zero-order valence-corrected chi connectivity index (χ0v) is 19.4. The summed E-state index contributed by atoms with van der Waals surface area (Å²) < 4.78 is 37.7. The number of benzene rings is 2. The molecule has 4 rings (SSSR count). The Bertz CT molecular complexity index is 1230. The van der Waals surface area contributed by atoms with Gasteiger partial charge in [0.1, 0.15) is 0 Å². The molecule has 0 radical (unpaired) electrons. The number of morpholine rings is 1. The highest BCUT2D eigenvalue weighted by Gasteiger charge is 2.27. The van der Waals surface area contributed by atoms with Gasteiger partial charge in [0.05, 0.1) is 18.1 Å². The van der Waals surface area contributed by atoms with Crippen LogP contribution in [0.3, 0.4) is 0 Å². The fourth-order valence-electron chi connectivity index (χ4n) is 3.44. The van der Waals surface area contributed by atoms with Gasteiger partial charge < -0.3 is 14.6 Å². The van der Waals surface area contributed by atoms with E-state index >= 15 is 0 Å². The first-order valence-corrected chi connectivity index (χ1v) is 12.1. The lowest BCUT2D eigenvalue weighted by atomic mass is 10.1. The van der Waals surface area contributed by atoms with Crippen molar-refractivity contribution in [2.75, 3.05) is 31.6 Å². The monoisotopic (exact) mass is 470 g/mol. The number of ether oxygens (including phenoxy) is 1. The summed E-state index contributed by atoms with van der Waals surface area (Å²) in [5.41, 5.74) is 3.20. The number of sulfonamides is 1. The van der Waals surface area contributed by atoms with Crippen LogP contribution < -0.4 is 5.32 Å². The van der Waals surface area contributed by atoms with Gasteiger partial charge in [0, 0.05) is 37.2 Å². The molecule has 1 N–H and O–H groups in total. The Kier molecular flexibility index (Phi) is 6.87. The summed E-state index contributed by atoms with van der Waals surface area (Å²) in [5.74, 6) is 0.567. The van der Waals surface area contributed by atoms with E-state index in [1.54, 1.807) is 12.1 Å². The lowest BCUT2D eigenvalue weighted by molar-refractivity contribution is -0.116. The second-order valence-corrected chi connectivity index (χ2v) is 9.86. The molecule has 0 unspecified atom stereocenters. The van der Waals surface area contributed by atoms with Crippen LogP contribution in [0.25, 0.3) is 11.4 Å². The van der Waals surface area contributed by atoms with Crippen LogP contribution in [0.1, 0.15) is 23.4 Å². The highest BCUT2D eigenvalue weighted by atomic mass is 32.2. The topological polar surface area (TPSA) is 115 Å². The largest absolute Gasteiger partial charge is 0.379 e. The van der Waals surface area contributed by atoms with E-state index in [1.807, 2.05) is 38.1 Å². The lowest BCUT2D eigenvalue weighted by Gasteiger charge is -2.26. The molecular weight excluding hydrogens is 444 g/mol. The average molecular weight is 471 g/mol. The van der Waals surface area contributed by atoms with E-state index in [0.29, 0.717) is 43.7 Å². The quantitative estimate of drug-likeness (QED) is 0.565. The Balaban J connectivity index is 1.39. The Morgan fingerprint density at radius 1 is 1.09 bits per heavy atom. The molecule has 10 heteroatoms. The summed E-state index contributed by atoms with van der Waals surface area (Å²) in [5, 5.41) is 6.78. The van der Waals surface area contributed by atoms with Gasteiger partial charge >= 0.3 is 0 Å². The molecule has 9 nitrogen and oxygen atoms in total. The van der Waals surface area contributed by atoms with Gasteiger partial charge in [-0.2, -0.15) is 9.29 Å². The van der Waals surface area contributed by atoms with Gasteiger partial charge in [-0.3, -0.25) is 4.79 Å². The minimum atomic E-state index is -3.65. The summed E-state index contributed by atoms with van der Waals surface area (Å²) in [4.78, 5) is 17.0. The second-order valence-electron chi connectivity index (χ2n) is 7.92. The van der Waals surface area contributed by atoms with Crippen LogP contribution in [0.2, 0.25) is 0 Å². The van der Waals surface area contributed by atoms with Crippen molar-refractivity contribution in [3.05, 3.63) is 59.5 Å². The Hall–Kier alpha value is -3.08. The average Bonchev–Trinajstić information content (AvgIpc) is 3.29. The van der Waals surface area contributed by atoms with Crippen LogP contribution in [0.15, 0.2) is 51.9 Å². The maximum Gasteiger partial charge on any atom is 0.243 e. The number of hydrogen-bond acceptors (Lipinski definition) is 7. The van der Waals surface area contributed by atoms with Gasteiger partial charge in [-0.25, -0.2) is 8.42 Å². The van der Waals surface area contributed by atoms with Crippen molar-refractivity contribution >= 4 is 21.6 Å².